The number of thioether (sulfide) groups is 1. The number of rotatable bonds is 5. The minimum atomic E-state index is 0.247. The maximum absolute atomic E-state index is 11.8. The van der Waals surface area contributed by atoms with E-state index in [-0.39, 0.29) is 5.91 Å². The van der Waals surface area contributed by atoms with Crippen LogP contribution in [0.4, 0.5) is 0 Å². The van der Waals surface area contributed by atoms with E-state index in [2.05, 4.69) is 23.8 Å². The summed E-state index contributed by atoms with van der Waals surface area (Å²) in [6, 6.07) is 1.38. The summed E-state index contributed by atoms with van der Waals surface area (Å²) in [5.74, 6) is 0.857. The first-order valence-electron chi connectivity index (χ1n) is 6.73. The largest absolute Gasteiger partial charge is 0.355 e. The van der Waals surface area contributed by atoms with Gasteiger partial charge in [-0.25, -0.2) is 0 Å². The van der Waals surface area contributed by atoms with Gasteiger partial charge < -0.3 is 10.6 Å². The van der Waals surface area contributed by atoms with E-state index in [9.17, 15) is 4.79 Å². The third-order valence-corrected chi connectivity index (χ3v) is 5.01. The highest BCUT2D eigenvalue weighted by atomic mass is 32.2. The summed E-state index contributed by atoms with van der Waals surface area (Å²) < 4.78 is 0. The molecule has 98 valence electrons. The molecule has 4 heteroatoms. The topological polar surface area (TPSA) is 41.1 Å². The number of carbonyl (C=O) groups is 1. The molecule has 2 saturated heterocycles. The minimum absolute atomic E-state index is 0.247. The fourth-order valence-electron chi connectivity index (χ4n) is 3.02. The number of hydrogen-bond donors (Lipinski definition) is 2. The summed E-state index contributed by atoms with van der Waals surface area (Å²) in [5, 5.41) is 7.19. The third kappa shape index (κ3) is 3.88. The van der Waals surface area contributed by atoms with Crippen LogP contribution in [-0.2, 0) is 4.79 Å². The smallest absolute Gasteiger partial charge is 0.220 e. The van der Waals surface area contributed by atoms with Crippen molar-refractivity contribution < 1.29 is 4.79 Å². The Morgan fingerprint density at radius 3 is 2.65 bits per heavy atom. The molecule has 2 bridgehead atoms. The lowest BCUT2D eigenvalue weighted by Crippen LogP contribution is -2.40. The molecule has 0 aromatic heterocycles. The van der Waals surface area contributed by atoms with E-state index in [1.807, 2.05) is 0 Å². The molecule has 0 aromatic carbocycles. The summed E-state index contributed by atoms with van der Waals surface area (Å²) in [4.78, 5) is 11.8. The number of hydrogen-bond acceptors (Lipinski definition) is 3. The number of amides is 1. The summed E-state index contributed by atoms with van der Waals surface area (Å²) >= 11 is 1.80. The Kier molecular flexibility index (Phi) is 4.74. The van der Waals surface area contributed by atoms with Gasteiger partial charge in [-0.05, 0) is 37.9 Å². The molecule has 1 unspecified atom stereocenters. The van der Waals surface area contributed by atoms with Crippen LogP contribution in [0.25, 0.3) is 0 Å². The fraction of sp³-hybridized carbons (Fsp3) is 0.923. The van der Waals surface area contributed by atoms with Gasteiger partial charge in [-0.3, -0.25) is 4.79 Å². The normalized spacial score (nSPS) is 33.4. The van der Waals surface area contributed by atoms with Gasteiger partial charge in [0.05, 0.1) is 0 Å². The molecule has 4 atom stereocenters. The lowest BCUT2D eigenvalue weighted by atomic mass is 9.89. The van der Waals surface area contributed by atoms with E-state index in [0.717, 1.165) is 13.0 Å². The average Bonchev–Trinajstić information content (AvgIpc) is 2.65. The van der Waals surface area contributed by atoms with Gasteiger partial charge in [0, 0.05) is 30.3 Å². The molecule has 0 spiro atoms. The highest BCUT2D eigenvalue weighted by Gasteiger charge is 2.34. The second-order valence-corrected chi connectivity index (χ2v) is 6.81. The van der Waals surface area contributed by atoms with Crippen LogP contribution in [-0.4, -0.2) is 36.0 Å². The Bertz CT molecular complexity index is 260. The Hall–Kier alpha value is -0.220. The Balaban J connectivity index is 1.68. The lowest BCUT2D eigenvalue weighted by molar-refractivity contribution is -0.122. The maximum Gasteiger partial charge on any atom is 0.220 e. The number of carbonyl (C=O) groups excluding carboxylic acids is 1. The molecular formula is C13H24N2OS. The van der Waals surface area contributed by atoms with Crippen molar-refractivity contribution in [2.24, 2.45) is 5.92 Å². The summed E-state index contributed by atoms with van der Waals surface area (Å²) in [6.07, 6.45) is 7.83. The minimum Gasteiger partial charge on any atom is -0.355 e. The SMILES string of the molecule is CS[C@H](C)CNC(=O)CC1C[C@H]2CC[C@@H](C1)N2. The monoisotopic (exact) mass is 256 g/mol. The van der Waals surface area contributed by atoms with Crippen molar-refractivity contribution in [3.05, 3.63) is 0 Å². The molecule has 2 N–H and O–H groups in total. The first-order chi connectivity index (χ1) is 8.17. The Labute approximate surface area is 108 Å². The summed E-state index contributed by atoms with van der Waals surface area (Å²) in [7, 11) is 0. The van der Waals surface area contributed by atoms with E-state index >= 15 is 0 Å². The lowest BCUT2D eigenvalue weighted by Gasteiger charge is -2.28. The molecule has 2 rings (SSSR count). The van der Waals surface area contributed by atoms with Crippen molar-refractivity contribution in [1.29, 1.82) is 0 Å². The van der Waals surface area contributed by atoms with Crippen LogP contribution < -0.4 is 10.6 Å². The quantitative estimate of drug-likeness (QED) is 0.788. The highest BCUT2D eigenvalue weighted by molar-refractivity contribution is 7.99. The number of piperidine rings is 1. The average molecular weight is 256 g/mol. The predicted octanol–water partition coefficient (Wildman–Crippen LogP) is 1.77. The maximum atomic E-state index is 11.8. The van der Waals surface area contributed by atoms with Crippen LogP contribution >= 0.6 is 11.8 Å². The Morgan fingerprint density at radius 2 is 2.06 bits per heavy atom. The van der Waals surface area contributed by atoms with Crippen LogP contribution in [0, 0.1) is 5.92 Å². The molecule has 0 radical (unpaired) electrons. The predicted molar refractivity (Wildman–Crippen MR) is 73.3 cm³/mol. The van der Waals surface area contributed by atoms with Gasteiger partial charge in [0.25, 0.3) is 0 Å². The van der Waals surface area contributed by atoms with E-state index in [1.165, 1.54) is 25.7 Å². The molecule has 2 heterocycles. The molecule has 0 aromatic rings. The van der Waals surface area contributed by atoms with Crippen molar-refractivity contribution >= 4 is 17.7 Å². The number of nitrogens with one attached hydrogen (secondary N) is 2. The molecule has 0 saturated carbocycles. The highest BCUT2D eigenvalue weighted by Crippen LogP contribution is 2.32. The fourth-order valence-corrected chi connectivity index (χ4v) is 3.27. The Morgan fingerprint density at radius 1 is 1.41 bits per heavy atom. The van der Waals surface area contributed by atoms with Gasteiger partial charge in [-0.2, -0.15) is 11.8 Å². The second-order valence-electron chi connectivity index (χ2n) is 5.53. The first kappa shape index (κ1) is 13.2. The van der Waals surface area contributed by atoms with Crippen LogP contribution in [0.3, 0.4) is 0 Å². The van der Waals surface area contributed by atoms with Crippen molar-refractivity contribution in [2.45, 2.75) is 56.4 Å². The standard InChI is InChI=1S/C13H24N2OS/c1-9(17-2)8-14-13(16)7-10-5-11-3-4-12(6-10)15-11/h9-12,15H,3-8H2,1-2H3,(H,14,16)/t9-,10?,11-,12+/m1/s1. The van der Waals surface area contributed by atoms with Crippen molar-refractivity contribution in [1.82, 2.24) is 10.6 Å². The molecule has 2 aliphatic rings. The van der Waals surface area contributed by atoms with E-state index in [4.69, 9.17) is 0 Å². The number of fused-ring (bicyclic) bond motifs is 2. The van der Waals surface area contributed by atoms with Gasteiger partial charge in [0.2, 0.25) is 5.91 Å². The molecule has 2 fully saturated rings. The molecule has 0 aliphatic carbocycles. The summed E-state index contributed by atoms with van der Waals surface area (Å²) in [6.45, 7) is 2.95. The van der Waals surface area contributed by atoms with Gasteiger partial charge in [0.15, 0.2) is 0 Å². The molecular weight excluding hydrogens is 232 g/mol. The van der Waals surface area contributed by atoms with Gasteiger partial charge >= 0.3 is 0 Å². The van der Waals surface area contributed by atoms with Crippen molar-refractivity contribution in [2.75, 3.05) is 12.8 Å². The first-order valence-corrected chi connectivity index (χ1v) is 8.01. The van der Waals surface area contributed by atoms with Crippen molar-refractivity contribution in [3.8, 4) is 0 Å². The van der Waals surface area contributed by atoms with Gasteiger partial charge in [-0.1, -0.05) is 6.92 Å². The van der Waals surface area contributed by atoms with E-state index < -0.39 is 0 Å². The zero-order valence-electron chi connectivity index (χ0n) is 10.9. The zero-order chi connectivity index (χ0) is 12.3. The summed E-state index contributed by atoms with van der Waals surface area (Å²) in [5.41, 5.74) is 0. The van der Waals surface area contributed by atoms with Gasteiger partial charge in [0.1, 0.15) is 0 Å². The van der Waals surface area contributed by atoms with Crippen molar-refractivity contribution in [3.63, 3.8) is 0 Å². The van der Waals surface area contributed by atoms with Crippen LogP contribution in [0.1, 0.15) is 39.0 Å². The molecule has 17 heavy (non-hydrogen) atoms. The van der Waals surface area contributed by atoms with Crippen LogP contribution in [0.2, 0.25) is 0 Å². The van der Waals surface area contributed by atoms with E-state index in [1.54, 1.807) is 11.8 Å². The molecule has 2 aliphatic heterocycles. The van der Waals surface area contributed by atoms with Crippen LogP contribution in [0.15, 0.2) is 0 Å². The molecule has 3 nitrogen and oxygen atoms in total. The van der Waals surface area contributed by atoms with Gasteiger partial charge in [-0.15, -0.1) is 0 Å². The molecule has 1 amide bonds. The van der Waals surface area contributed by atoms with E-state index in [0.29, 0.717) is 23.3 Å². The zero-order valence-corrected chi connectivity index (χ0v) is 11.7. The van der Waals surface area contributed by atoms with Crippen LogP contribution in [0.5, 0.6) is 0 Å². The second kappa shape index (κ2) is 6.10. The third-order valence-electron chi connectivity index (χ3n) is 4.03.